The van der Waals surface area contributed by atoms with Crippen LogP contribution >= 0.6 is 15.9 Å². The first-order chi connectivity index (χ1) is 11.6. The van der Waals surface area contributed by atoms with E-state index in [4.69, 9.17) is 14.2 Å². The average molecular weight is 391 g/mol. The van der Waals surface area contributed by atoms with E-state index < -0.39 is 5.97 Å². The molecule has 24 heavy (non-hydrogen) atoms. The van der Waals surface area contributed by atoms with Gasteiger partial charge in [-0.2, -0.15) is 0 Å². The first-order valence-corrected chi connectivity index (χ1v) is 8.46. The summed E-state index contributed by atoms with van der Waals surface area (Å²) in [5.41, 5.74) is 0.828. The number of halogens is 1. The minimum Gasteiger partial charge on any atom is -0.490 e. The van der Waals surface area contributed by atoms with Crippen molar-refractivity contribution < 1.29 is 19.0 Å². The lowest BCUT2D eigenvalue weighted by Crippen LogP contribution is -2.03. The van der Waals surface area contributed by atoms with Crippen LogP contribution in [0.2, 0.25) is 0 Å². The fourth-order valence-electron chi connectivity index (χ4n) is 1.99. The van der Waals surface area contributed by atoms with Gasteiger partial charge in [0.2, 0.25) is 0 Å². The maximum atomic E-state index is 11.9. The summed E-state index contributed by atoms with van der Waals surface area (Å²) >= 11 is 3.33. The van der Waals surface area contributed by atoms with Crippen LogP contribution in [0.15, 0.2) is 53.0 Å². The lowest BCUT2D eigenvalue weighted by molar-refractivity contribution is -0.128. The third kappa shape index (κ3) is 5.42. The van der Waals surface area contributed by atoms with E-state index in [0.717, 1.165) is 10.0 Å². The summed E-state index contributed by atoms with van der Waals surface area (Å²) in [6.07, 6.45) is 3.06. The van der Waals surface area contributed by atoms with E-state index in [1.165, 1.54) is 6.08 Å². The maximum absolute atomic E-state index is 11.9. The summed E-state index contributed by atoms with van der Waals surface area (Å²) in [7, 11) is 0. The van der Waals surface area contributed by atoms with E-state index in [-0.39, 0.29) is 0 Å². The van der Waals surface area contributed by atoms with Crippen molar-refractivity contribution in [1.29, 1.82) is 0 Å². The molecule has 0 saturated carbocycles. The van der Waals surface area contributed by atoms with Gasteiger partial charge in [-0.05, 0) is 61.9 Å². The van der Waals surface area contributed by atoms with E-state index in [0.29, 0.717) is 30.5 Å². The fraction of sp³-hybridized carbons (Fsp3) is 0.211. The van der Waals surface area contributed by atoms with Gasteiger partial charge >= 0.3 is 5.97 Å². The zero-order valence-corrected chi connectivity index (χ0v) is 15.2. The first kappa shape index (κ1) is 18.1. The van der Waals surface area contributed by atoms with E-state index >= 15 is 0 Å². The topological polar surface area (TPSA) is 44.8 Å². The summed E-state index contributed by atoms with van der Waals surface area (Å²) < 4.78 is 17.2. The van der Waals surface area contributed by atoms with Crippen molar-refractivity contribution in [1.82, 2.24) is 0 Å². The van der Waals surface area contributed by atoms with Crippen LogP contribution in [0.4, 0.5) is 0 Å². The van der Waals surface area contributed by atoms with Crippen LogP contribution in [0.25, 0.3) is 6.08 Å². The summed E-state index contributed by atoms with van der Waals surface area (Å²) in [4.78, 5) is 11.9. The Hall–Kier alpha value is -2.27. The van der Waals surface area contributed by atoms with Gasteiger partial charge in [-0.1, -0.05) is 22.0 Å². The highest BCUT2D eigenvalue weighted by Crippen LogP contribution is 2.29. The number of ether oxygens (including phenoxy) is 3. The number of hydrogen-bond acceptors (Lipinski definition) is 4. The molecule has 0 aliphatic rings. The van der Waals surface area contributed by atoms with Gasteiger partial charge < -0.3 is 14.2 Å². The van der Waals surface area contributed by atoms with E-state index in [1.807, 2.05) is 44.2 Å². The zero-order chi connectivity index (χ0) is 17.4. The second-order valence-electron chi connectivity index (χ2n) is 4.78. The molecule has 2 aromatic carbocycles. The number of carbonyl (C=O) groups excluding carboxylic acids is 1. The van der Waals surface area contributed by atoms with Crippen molar-refractivity contribution in [3.63, 3.8) is 0 Å². The molecule has 0 fully saturated rings. The van der Waals surface area contributed by atoms with Gasteiger partial charge in [-0.25, -0.2) is 4.79 Å². The molecule has 2 aromatic rings. The highest BCUT2D eigenvalue weighted by atomic mass is 79.9. The minimum absolute atomic E-state index is 0.441. The first-order valence-electron chi connectivity index (χ1n) is 7.67. The molecular weight excluding hydrogens is 372 g/mol. The van der Waals surface area contributed by atoms with Gasteiger partial charge in [0.15, 0.2) is 11.5 Å². The molecule has 0 unspecified atom stereocenters. The van der Waals surface area contributed by atoms with Crippen LogP contribution < -0.4 is 14.2 Å². The summed E-state index contributed by atoms with van der Waals surface area (Å²) in [5, 5.41) is 0. The highest BCUT2D eigenvalue weighted by molar-refractivity contribution is 9.10. The Morgan fingerprint density at radius 3 is 2.33 bits per heavy atom. The molecule has 0 bridgehead atoms. The van der Waals surface area contributed by atoms with Crippen molar-refractivity contribution >= 4 is 28.0 Å². The van der Waals surface area contributed by atoms with Gasteiger partial charge in [0.1, 0.15) is 5.75 Å². The molecule has 5 heteroatoms. The molecule has 2 rings (SSSR count). The smallest absolute Gasteiger partial charge is 0.336 e. The Kier molecular flexibility index (Phi) is 6.88. The highest BCUT2D eigenvalue weighted by Gasteiger charge is 2.06. The third-order valence-corrected chi connectivity index (χ3v) is 3.54. The number of carbonyl (C=O) groups is 1. The van der Waals surface area contributed by atoms with Gasteiger partial charge in [0.25, 0.3) is 0 Å². The van der Waals surface area contributed by atoms with Crippen molar-refractivity contribution in [2.75, 3.05) is 13.2 Å². The minimum atomic E-state index is -0.441. The predicted octanol–water partition coefficient (Wildman–Crippen LogP) is 4.87. The van der Waals surface area contributed by atoms with Gasteiger partial charge in [0.05, 0.1) is 13.2 Å². The molecule has 0 saturated heterocycles. The third-order valence-electron chi connectivity index (χ3n) is 3.01. The van der Waals surface area contributed by atoms with Gasteiger partial charge in [-0.3, -0.25) is 0 Å². The second kappa shape index (κ2) is 9.13. The SMILES string of the molecule is CCOc1ccc(C=CC(=O)Oc2ccc(Br)cc2)cc1OCC. The molecule has 0 spiro atoms. The van der Waals surface area contributed by atoms with Crippen LogP contribution in [0.1, 0.15) is 19.4 Å². The lowest BCUT2D eigenvalue weighted by atomic mass is 10.2. The molecular formula is C19H19BrO4. The standard InChI is InChI=1S/C19H19BrO4/c1-3-22-17-11-5-14(13-18(17)23-4-2)6-12-19(21)24-16-9-7-15(20)8-10-16/h5-13H,3-4H2,1-2H3. The average Bonchev–Trinajstić information content (AvgIpc) is 2.57. The van der Waals surface area contributed by atoms with Crippen LogP contribution in [0.3, 0.4) is 0 Å². The van der Waals surface area contributed by atoms with Gasteiger partial charge in [-0.15, -0.1) is 0 Å². The van der Waals surface area contributed by atoms with Crippen molar-refractivity contribution in [3.05, 3.63) is 58.6 Å². The number of hydrogen-bond donors (Lipinski definition) is 0. The second-order valence-corrected chi connectivity index (χ2v) is 5.70. The van der Waals surface area contributed by atoms with E-state index in [2.05, 4.69) is 15.9 Å². The molecule has 4 nitrogen and oxygen atoms in total. The molecule has 0 atom stereocenters. The predicted molar refractivity (Wildman–Crippen MR) is 97.6 cm³/mol. The molecule has 126 valence electrons. The Morgan fingerprint density at radius 2 is 1.67 bits per heavy atom. The summed E-state index contributed by atoms with van der Waals surface area (Å²) in [6, 6.07) is 12.6. The Morgan fingerprint density at radius 1 is 1.00 bits per heavy atom. The summed E-state index contributed by atoms with van der Waals surface area (Å²) in [5.74, 6) is 1.40. The molecule has 0 aliphatic heterocycles. The van der Waals surface area contributed by atoms with Crippen LogP contribution in [-0.4, -0.2) is 19.2 Å². The Bertz CT molecular complexity index is 708. The van der Waals surface area contributed by atoms with Crippen molar-refractivity contribution in [2.24, 2.45) is 0 Å². The monoisotopic (exact) mass is 390 g/mol. The molecule has 0 heterocycles. The molecule has 0 radical (unpaired) electrons. The van der Waals surface area contributed by atoms with E-state index in [9.17, 15) is 4.79 Å². The van der Waals surface area contributed by atoms with Crippen molar-refractivity contribution in [3.8, 4) is 17.2 Å². The molecule has 0 N–H and O–H groups in total. The number of rotatable bonds is 7. The quantitative estimate of drug-likeness (QED) is 0.384. The van der Waals surface area contributed by atoms with Gasteiger partial charge in [0, 0.05) is 10.5 Å². The van der Waals surface area contributed by atoms with Crippen LogP contribution in [-0.2, 0) is 4.79 Å². The largest absolute Gasteiger partial charge is 0.490 e. The number of benzene rings is 2. The normalized spacial score (nSPS) is 10.6. The molecule has 0 amide bonds. The zero-order valence-electron chi connectivity index (χ0n) is 13.6. The molecule has 0 aromatic heterocycles. The summed E-state index contributed by atoms with van der Waals surface area (Å²) in [6.45, 7) is 4.93. The van der Waals surface area contributed by atoms with Crippen molar-refractivity contribution in [2.45, 2.75) is 13.8 Å². The lowest BCUT2D eigenvalue weighted by Gasteiger charge is -2.11. The maximum Gasteiger partial charge on any atom is 0.336 e. The Labute approximate surface area is 150 Å². The van der Waals surface area contributed by atoms with E-state index in [1.54, 1.807) is 18.2 Å². The van der Waals surface area contributed by atoms with Crippen LogP contribution in [0.5, 0.6) is 17.2 Å². The Balaban J connectivity index is 2.05. The molecule has 0 aliphatic carbocycles. The fourth-order valence-corrected chi connectivity index (χ4v) is 2.25. The van der Waals surface area contributed by atoms with Crippen LogP contribution in [0, 0.1) is 0 Å². The number of esters is 1.